The minimum Gasteiger partial charge on any atom is -0.493 e. The average molecular weight is 469 g/mol. The molecular formula is C20H28IN3O2. The normalized spacial score (nSPS) is 10.7. The molecule has 0 aliphatic heterocycles. The lowest BCUT2D eigenvalue weighted by Crippen LogP contribution is -2.31. The van der Waals surface area contributed by atoms with E-state index in [1.807, 2.05) is 31.2 Å². The first-order chi connectivity index (χ1) is 12.3. The summed E-state index contributed by atoms with van der Waals surface area (Å²) in [5.74, 6) is 2.17. The van der Waals surface area contributed by atoms with Gasteiger partial charge in [-0.15, -0.1) is 24.0 Å². The number of aliphatic imine (C=N–C) groups is 1. The van der Waals surface area contributed by atoms with E-state index in [-0.39, 0.29) is 24.0 Å². The van der Waals surface area contributed by atoms with Crippen LogP contribution in [-0.4, -0.2) is 33.3 Å². The SMILES string of the molecule is CCOc1cc(NC(=NC)NCCCc2ccccc2)ccc1OC.I. The summed E-state index contributed by atoms with van der Waals surface area (Å²) >= 11 is 0. The summed E-state index contributed by atoms with van der Waals surface area (Å²) in [7, 11) is 3.40. The van der Waals surface area contributed by atoms with E-state index in [4.69, 9.17) is 9.47 Å². The second-order valence-corrected chi connectivity index (χ2v) is 5.51. The summed E-state index contributed by atoms with van der Waals surface area (Å²) in [5, 5.41) is 6.62. The van der Waals surface area contributed by atoms with E-state index in [0.717, 1.165) is 42.5 Å². The van der Waals surface area contributed by atoms with Crippen LogP contribution < -0.4 is 20.1 Å². The Bertz CT molecular complexity index is 678. The number of rotatable bonds is 8. The molecule has 0 bridgehead atoms. The lowest BCUT2D eigenvalue weighted by molar-refractivity contribution is 0.311. The van der Waals surface area contributed by atoms with Crippen molar-refractivity contribution in [2.75, 3.05) is 32.6 Å². The minimum absolute atomic E-state index is 0. The van der Waals surface area contributed by atoms with E-state index in [2.05, 4.69) is 39.9 Å². The molecule has 6 heteroatoms. The zero-order chi connectivity index (χ0) is 17.9. The van der Waals surface area contributed by atoms with Crippen LogP contribution in [0.3, 0.4) is 0 Å². The number of hydrogen-bond acceptors (Lipinski definition) is 3. The van der Waals surface area contributed by atoms with Crippen molar-refractivity contribution in [1.82, 2.24) is 5.32 Å². The molecule has 0 radical (unpaired) electrons. The molecule has 5 nitrogen and oxygen atoms in total. The van der Waals surface area contributed by atoms with Gasteiger partial charge in [0, 0.05) is 25.3 Å². The molecule has 0 amide bonds. The first-order valence-electron chi connectivity index (χ1n) is 8.59. The fourth-order valence-electron chi connectivity index (χ4n) is 2.48. The molecule has 26 heavy (non-hydrogen) atoms. The van der Waals surface area contributed by atoms with E-state index in [0.29, 0.717) is 6.61 Å². The van der Waals surface area contributed by atoms with Crippen molar-refractivity contribution in [1.29, 1.82) is 0 Å². The molecule has 0 heterocycles. The Morgan fingerprint density at radius 3 is 2.50 bits per heavy atom. The highest BCUT2D eigenvalue weighted by atomic mass is 127. The summed E-state index contributed by atoms with van der Waals surface area (Å²) in [4.78, 5) is 4.27. The number of anilines is 1. The molecule has 0 fully saturated rings. The number of nitrogens with zero attached hydrogens (tertiary/aromatic N) is 1. The number of aryl methyl sites for hydroxylation is 1. The molecule has 0 aliphatic carbocycles. The quantitative estimate of drug-likeness (QED) is 0.262. The van der Waals surface area contributed by atoms with Gasteiger partial charge in [-0.2, -0.15) is 0 Å². The van der Waals surface area contributed by atoms with Crippen molar-refractivity contribution < 1.29 is 9.47 Å². The molecule has 0 saturated heterocycles. The van der Waals surface area contributed by atoms with Crippen LogP contribution in [0.25, 0.3) is 0 Å². The van der Waals surface area contributed by atoms with Crippen LogP contribution in [0.2, 0.25) is 0 Å². The maximum atomic E-state index is 5.61. The highest BCUT2D eigenvalue weighted by Crippen LogP contribution is 2.30. The largest absolute Gasteiger partial charge is 0.493 e. The van der Waals surface area contributed by atoms with Gasteiger partial charge in [0.15, 0.2) is 17.5 Å². The van der Waals surface area contributed by atoms with Crippen molar-refractivity contribution in [3.8, 4) is 11.5 Å². The van der Waals surface area contributed by atoms with Gasteiger partial charge in [-0.25, -0.2) is 0 Å². The van der Waals surface area contributed by atoms with Crippen molar-refractivity contribution in [3.05, 3.63) is 54.1 Å². The number of hydrogen-bond donors (Lipinski definition) is 2. The fraction of sp³-hybridized carbons (Fsp3) is 0.350. The monoisotopic (exact) mass is 469 g/mol. The number of nitrogens with one attached hydrogen (secondary N) is 2. The number of ether oxygens (including phenoxy) is 2. The fourth-order valence-corrected chi connectivity index (χ4v) is 2.48. The molecule has 2 rings (SSSR count). The second-order valence-electron chi connectivity index (χ2n) is 5.51. The predicted molar refractivity (Wildman–Crippen MR) is 119 cm³/mol. The van der Waals surface area contributed by atoms with Crippen LogP contribution in [0, 0.1) is 0 Å². The van der Waals surface area contributed by atoms with E-state index in [9.17, 15) is 0 Å². The number of guanidine groups is 1. The number of methoxy groups -OCH3 is 1. The summed E-state index contributed by atoms with van der Waals surface area (Å²) in [5.41, 5.74) is 2.25. The van der Waals surface area contributed by atoms with E-state index in [1.54, 1.807) is 14.2 Å². The summed E-state index contributed by atoms with van der Waals surface area (Å²) in [6, 6.07) is 16.2. The molecule has 2 N–H and O–H groups in total. The molecule has 2 aromatic rings. The Morgan fingerprint density at radius 1 is 1.08 bits per heavy atom. The van der Waals surface area contributed by atoms with Crippen LogP contribution in [-0.2, 0) is 6.42 Å². The molecule has 0 spiro atoms. The van der Waals surface area contributed by atoms with Gasteiger partial charge in [-0.1, -0.05) is 30.3 Å². The number of halogens is 1. The third-order valence-electron chi connectivity index (χ3n) is 3.73. The highest BCUT2D eigenvalue weighted by Gasteiger charge is 2.06. The molecular weight excluding hydrogens is 441 g/mol. The topological polar surface area (TPSA) is 54.9 Å². The van der Waals surface area contributed by atoms with Crippen molar-refractivity contribution in [3.63, 3.8) is 0 Å². The van der Waals surface area contributed by atoms with E-state index >= 15 is 0 Å². The van der Waals surface area contributed by atoms with Gasteiger partial charge < -0.3 is 20.1 Å². The van der Waals surface area contributed by atoms with Crippen LogP contribution >= 0.6 is 24.0 Å². The van der Waals surface area contributed by atoms with Gasteiger partial charge >= 0.3 is 0 Å². The maximum Gasteiger partial charge on any atom is 0.195 e. The van der Waals surface area contributed by atoms with Crippen LogP contribution in [0.4, 0.5) is 5.69 Å². The Morgan fingerprint density at radius 2 is 1.85 bits per heavy atom. The first-order valence-corrected chi connectivity index (χ1v) is 8.59. The van der Waals surface area contributed by atoms with Crippen molar-refractivity contribution >= 4 is 35.6 Å². The molecule has 2 aromatic carbocycles. The molecule has 0 unspecified atom stereocenters. The van der Waals surface area contributed by atoms with Gasteiger partial charge in [0.05, 0.1) is 13.7 Å². The Kier molecular flexibility index (Phi) is 10.5. The van der Waals surface area contributed by atoms with Crippen LogP contribution in [0.5, 0.6) is 11.5 Å². The molecule has 0 saturated carbocycles. The smallest absolute Gasteiger partial charge is 0.195 e. The Balaban J connectivity index is 0.00000338. The minimum atomic E-state index is 0. The Labute approximate surface area is 173 Å². The molecule has 0 atom stereocenters. The van der Waals surface area contributed by atoms with Crippen molar-refractivity contribution in [2.24, 2.45) is 4.99 Å². The van der Waals surface area contributed by atoms with E-state index in [1.165, 1.54) is 5.56 Å². The van der Waals surface area contributed by atoms with Gasteiger partial charge in [0.2, 0.25) is 0 Å². The van der Waals surface area contributed by atoms with Gasteiger partial charge in [0.25, 0.3) is 0 Å². The van der Waals surface area contributed by atoms with Crippen LogP contribution in [0.1, 0.15) is 18.9 Å². The Hall–Kier alpha value is -1.96. The lowest BCUT2D eigenvalue weighted by Gasteiger charge is -2.14. The third kappa shape index (κ3) is 7.11. The molecule has 0 aliphatic rings. The van der Waals surface area contributed by atoms with Gasteiger partial charge in [-0.3, -0.25) is 4.99 Å². The maximum absolute atomic E-state index is 5.61. The summed E-state index contributed by atoms with van der Waals surface area (Å²) in [6.07, 6.45) is 2.08. The van der Waals surface area contributed by atoms with Gasteiger partial charge in [0.1, 0.15) is 0 Å². The second kappa shape index (κ2) is 12.4. The standard InChI is InChI=1S/C20H27N3O2.HI/c1-4-25-19-15-17(12-13-18(19)24-3)23-20(21-2)22-14-8-11-16-9-6-5-7-10-16;/h5-7,9-10,12-13,15H,4,8,11,14H2,1-3H3,(H2,21,22,23);1H. The summed E-state index contributed by atoms with van der Waals surface area (Å²) < 4.78 is 10.9. The van der Waals surface area contributed by atoms with Crippen molar-refractivity contribution in [2.45, 2.75) is 19.8 Å². The van der Waals surface area contributed by atoms with E-state index < -0.39 is 0 Å². The van der Waals surface area contributed by atoms with Crippen LogP contribution in [0.15, 0.2) is 53.5 Å². The molecule has 142 valence electrons. The zero-order valence-electron chi connectivity index (χ0n) is 15.6. The highest BCUT2D eigenvalue weighted by molar-refractivity contribution is 14.0. The third-order valence-corrected chi connectivity index (χ3v) is 3.73. The zero-order valence-corrected chi connectivity index (χ0v) is 17.9. The first kappa shape index (κ1) is 22.1. The summed E-state index contributed by atoms with van der Waals surface area (Å²) in [6.45, 7) is 3.39. The number of benzene rings is 2. The lowest BCUT2D eigenvalue weighted by atomic mass is 10.1. The average Bonchev–Trinajstić information content (AvgIpc) is 2.65. The predicted octanol–water partition coefficient (Wildman–Crippen LogP) is 4.33. The van der Waals surface area contributed by atoms with Gasteiger partial charge in [-0.05, 0) is 37.5 Å². The molecule has 0 aromatic heterocycles.